The van der Waals surface area contributed by atoms with Crippen molar-refractivity contribution in [3.63, 3.8) is 0 Å². The lowest BCUT2D eigenvalue weighted by molar-refractivity contribution is 1.00. The molecule has 0 saturated carbocycles. The summed E-state index contributed by atoms with van der Waals surface area (Å²) in [5.41, 5.74) is 6.75. The molecule has 1 unspecified atom stereocenters. The zero-order valence-electron chi connectivity index (χ0n) is 9.17. The highest BCUT2D eigenvalue weighted by molar-refractivity contribution is 8.01. The minimum atomic E-state index is -0.0369. The fourth-order valence-electron chi connectivity index (χ4n) is 1.49. The SMILES string of the molecule is N=C(N)C(CSc1nccs1)c1ccccc1. The summed E-state index contributed by atoms with van der Waals surface area (Å²) in [6.45, 7) is 0. The summed E-state index contributed by atoms with van der Waals surface area (Å²) in [5, 5.41) is 9.62. The second kappa shape index (κ2) is 5.84. The number of amidine groups is 1. The van der Waals surface area contributed by atoms with E-state index in [1.54, 1.807) is 29.3 Å². The van der Waals surface area contributed by atoms with Crippen LogP contribution in [0, 0.1) is 5.41 Å². The van der Waals surface area contributed by atoms with Gasteiger partial charge in [-0.05, 0) is 5.56 Å². The van der Waals surface area contributed by atoms with E-state index in [2.05, 4.69) is 4.98 Å². The fourth-order valence-corrected chi connectivity index (χ4v) is 3.31. The number of thiazole rings is 1. The lowest BCUT2D eigenvalue weighted by atomic mass is 10.0. The first kappa shape index (κ1) is 12.1. The van der Waals surface area contributed by atoms with Gasteiger partial charge in [0.15, 0.2) is 0 Å². The third-order valence-electron chi connectivity index (χ3n) is 2.36. The Morgan fingerprint density at radius 2 is 2.18 bits per heavy atom. The Labute approximate surface area is 109 Å². The average molecular weight is 263 g/mol. The van der Waals surface area contributed by atoms with E-state index in [1.807, 2.05) is 35.7 Å². The maximum atomic E-state index is 7.67. The highest BCUT2D eigenvalue weighted by Gasteiger charge is 2.15. The van der Waals surface area contributed by atoms with Gasteiger partial charge in [-0.15, -0.1) is 11.3 Å². The van der Waals surface area contributed by atoms with E-state index in [1.165, 1.54) is 0 Å². The molecule has 0 amide bonds. The van der Waals surface area contributed by atoms with Crippen molar-refractivity contribution in [2.45, 2.75) is 10.3 Å². The van der Waals surface area contributed by atoms with Crippen molar-refractivity contribution < 1.29 is 0 Å². The number of nitrogens with two attached hydrogens (primary N) is 1. The van der Waals surface area contributed by atoms with Gasteiger partial charge in [-0.2, -0.15) is 0 Å². The second-order valence-electron chi connectivity index (χ2n) is 3.53. The van der Waals surface area contributed by atoms with Gasteiger partial charge in [0.2, 0.25) is 0 Å². The minimum absolute atomic E-state index is 0.0369. The molecular formula is C12H13N3S2. The summed E-state index contributed by atoms with van der Waals surface area (Å²) >= 11 is 3.26. The molecule has 2 rings (SSSR count). The molecule has 1 aromatic heterocycles. The van der Waals surface area contributed by atoms with Crippen molar-refractivity contribution in [1.29, 1.82) is 5.41 Å². The predicted molar refractivity (Wildman–Crippen MR) is 73.9 cm³/mol. The maximum Gasteiger partial charge on any atom is 0.149 e. The summed E-state index contributed by atoms with van der Waals surface area (Å²) < 4.78 is 1.02. The molecular weight excluding hydrogens is 250 g/mol. The number of rotatable bonds is 5. The molecule has 3 nitrogen and oxygen atoms in total. The van der Waals surface area contributed by atoms with Crippen molar-refractivity contribution in [3.05, 3.63) is 47.5 Å². The van der Waals surface area contributed by atoms with E-state index in [9.17, 15) is 0 Å². The number of aromatic nitrogens is 1. The lowest BCUT2D eigenvalue weighted by Gasteiger charge is -2.14. The Bertz CT molecular complexity index is 468. The summed E-state index contributed by atoms with van der Waals surface area (Å²) in [5.74, 6) is 0.928. The van der Waals surface area contributed by atoms with Gasteiger partial charge in [0.1, 0.15) is 4.34 Å². The molecule has 0 aliphatic rings. The number of benzene rings is 1. The first-order chi connectivity index (χ1) is 8.27. The van der Waals surface area contributed by atoms with Crippen LogP contribution >= 0.6 is 23.1 Å². The minimum Gasteiger partial charge on any atom is -0.387 e. The molecule has 5 heteroatoms. The Kier molecular flexibility index (Phi) is 4.17. The van der Waals surface area contributed by atoms with E-state index in [-0.39, 0.29) is 11.8 Å². The van der Waals surface area contributed by atoms with E-state index in [0.717, 1.165) is 15.7 Å². The first-order valence-electron chi connectivity index (χ1n) is 5.18. The number of nitrogens with one attached hydrogen (secondary N) is 1. The molecule has 0 aliphatic carbocycles. The van der Waals surface area contributed by atoms with Crippen LogP contribution in [0.25, 0.3) is 0 Å². The third-order valence-corrected chi connectivity index (χ3v) is 4.42. The molecule has 0 aliphatic heterocycles. The molecule has 0 radical (unpaired) electrons. The van der Waals surface area contributed by atoms with E-state index in [4.69, 9.17) is 11.1 Å². The zero-order chi connectivity index (χ0) is 12.1. The number of thioether (sulfide) groups is 1. The molecule has 1 aromatic carbocycles. The van der Waals surface area contributed by atoms with Crippen LogP contribution in [-0.2, 0) is 0 Å². The van der Waals surface area contributed by atoms with Crippen molar-refractivity contribution in [2.75, 3.05) is 5.75 Å². The van der Waals surface area contributed by atoms with Gasteiger partial charge in [0.25, 0.3) is 0 Å². The topological polar surface area (TPSA) is 62.8 Å². The van der Waals surface area contributed by atoms with Crippen molar-refractivity contribution in [3.8, 4) is 0 Å². The largest absolute Gasteiger partial charge is 0.387 e. The highest BCUT2D eigenvalue weighted by atomic mass is 32.2. The first-order valence-corrected chi connectivity index (χ1v) is 7.05. The molecule has 17 heavy (non-hydrogen) atoms. The number of nitrogens with zero attached hydrogens (tertiary/aromatic N) is 1. The van der Waals surface area contributed by atoms with Crippen LogP contribution in [0.3, 0.4) is 0 Å². The van der Waals surface area contributed by atoms with E-state index < -0.39 is 0 Å². The molecule has 0 spiro atoms. The molecule has 3 N–H and O–H groups in total. The number of hydrogen-bond acceptors (Lipinski definition) is 4. The van der Waals surface area contributed by atoms with Crippen LogP contribution in [-0.4, -0.2) is 16.6 Å². The number of hydrogen-bond donors (Lipinski definition) is 2. The van der Waals surface area contributed by atoms with Gasteiger partial charge in [0, 0.05) is 17.3 Å². The van der Waals surface area contributed by atoms with Gasteiger partial charge in [0.05, 0.1) is 11.8 Å². The predicted octanol–water partition coefficient (Wildman–Crippen LogP) is 2.95. The van der Waals surface area contributed by atoms with Crippen LogP contribution < -0.4 is 5.73 Å². The molecule has 1 heterocycles. The van der Waals surface area contributed by atoms with Gasteiger partial charge < -0.3 is 5.73 Å². The maximum absolute atomic E-state index is 7.67. The highest BCUT2D eigenvalue weighted by Crippen LogP contribution is 2.27. The second-order valence-corrected chi connectivity index (χ2v) is 5.69. The van der Waals surface area contributed by atoms with Gasteiger partial charge >= 0.3 is 0 Å². The van der Waals surface area contributed by atoms with Crippen molar-refractivity contribution in [1.82, 2.24) is 4.98 Å². The Morgan fingerprint density at radius 1 is 1.41 bits per heavy atom. The molecule has 0 bridgehead atoms. The van der Waals surface area contributed by atoms with Crippen LogP contribution in [0.15, 0.2) is 46.2 Å². The standard InChI is InChI=1S/C12H13N3S2/c13-11(14)10(9-4-2-1-3-5-9)8-17-12-15-6-7-16-12/h1-7,10H,8H2,(H3,13,14). The van der Waals surface area contributed by atoms with Crippen molar-refractivity contribution >= 4 is 28.9 Å². The normalized spacial score (nSPS) is 12.2. The van der Waals surface area contributed by atoms with Crippen LogP contribution in [0.2, 0.25) is 0 Å². The lowest BCUT2D eigenvalue weighted by Crippen LogP contribution is -2.22. The van der Waals surface area contributed by atoms with Crippen LogP contribution in [0.4, 0.5) is 0 Å². The fraction of sp³-hybridized carbons (Fsp3) is 0.167. The molecule has 0 fully saturated rings. The molecule has 2 aromatic rings. The Morgan fingerprint density at radius 3 is 2.76 bits per heavy atom. The molecule has 1 atom stereocenters. The summed E-state index contributed by atoms with van der Waals surface area (Å²) in [6.07, 6.45) is 1.79. The Hall–Kier alpha value is -1.33. The van der Waals surface area contributed by atoms with E-state index in [0.29, 0.717) is 0 Å². The quantitative estimate of drug-likeness (QED) is 0.495. The van der Waals surface area contributed by atoms with E-state index >= 15 is 0 Å². The summed E-state index contributed by atoms with van der Waals surface area (Å²) in [6, 6.07) is 9.93. The van der Waals surface area contributed by atoms with Gasteiger partial charge in [-0.1, -0.05) is 42.1 Å². The monoisotopic (exact) mass is 263 g/mol. The third kappa shape index (κ3) is 3.31. The zero-order valence-corrected chi connectivity index (χ0v) is 10.8. The van der Waals surface area contributed by atoms with Gasteiger partial charge in [-0.25, -0.2) is 4.98 Å². The van der Waals surface area contributed by atoms with Crippen LogP contribution in [0.1, 0.15) is 11.5 Å². The summed E-state index contributed by atoms with van der Waals surface area (Å²) in [7, 11) is 0. The average Bonchev–Trinajstić information content (AvgIpc) is 2.83. The Balaban J connectivity index is 2.06. The molecule has 0 saturated heterocycles. The van der Waals surface area contributed by atoms with Crippen molar-refractivity contribution in [2.24, 2.45) is 5.73 Å². The summed E-state index contributed by atoms with van der Waals surface area (Å²) in [4.78, 5) is 4.21. The smallest absolute Gasteiger partial charge is 0.149 e. The van der Waals surface area contributed by atoms with Crippen LogP contribution in [0.5, 0.6) is 0 Å². The van der Waals surface area contributed by atoms with Gasteiger partial charge in [-0.3, -0.25) is 5.41 Å². The molecule has 88 valence electrons.